The molecular formula is C48H80NO8P. The number of esters is 2. The Morgan fingerprint density at radius 1 is 0.552 bits per heavy atom. The Balaban J connectivity index is 4.53. The molecule has 0 aromatic heterocycles. The van der Waals surface area contributed by atoms with E-state index in [0.717, 1.165) is 77.0 Å². The van der Waals surface area contributed by atoms with Gasteiger partial charge in [0.1, 0.15) is 19.8 Å². The number of ether oxygens (including phenoxy) is 2. The first kappa shape index (κ1) is 54.9. The number of hydrogen-bond acceptors (Lipinski definition) is 8. The van der Waals surface area contributed by atoms with Gasteiger partial charge in [-0.25, -0.2) is 0 Å². The second-order valence-electron chi connectivity index (χ2n) is 15.3. The van der Waals surface area contributed by atoms with E-state index >= 15 is 0 Å². The van der Waals surface area contributed by atoms with Crippen LogP contribution in [0.2, 0.25) is 0 Å². The highest BCUT2D eigenvalue weighted by Gasteiger charge is 2.21. The van der Waals surface area contributed by atoms with Crippen molar-refractivity contribution >= 4 is 19.8 Å². The SMILES string of the molecule is CC/C=C\C/C=C\C/C=C\CCCCCCCC(=O)O[C@H](COC(=O)CC/C=C\C/C=C\C/C=C\C/C=C\C/C=C\CCCCC)COP(=O)([O-])OCC[N+](C)(C)C. The van der Waals surface area contributed by atoms with E-state index in [-0.39, 0.29) is 26.1 Å². The predicted molar refractivity (Wildman–Crippen MR) is 240 cm³/mol. The summed E-state index contributed by atoms with van der Waals surface area (Å²) in [5.74, 6) is -0.962. The molecule has 0 saturated carbocycles. The zero-order valence-corrected chi connectivity index (χ0v) is 37.8. The molecule has 0 bridgehead atoms. The van der Waals surface area contributed by atoms with E-state index in [1.54, 1.807) is 0 Å². The van der Waals surface area contributed by atoms with Crippen LogP contribution in [0.1, 0.15) is 142 Å². The fraction of sp³-hybridized carbons (Fsp3) is 0.625. The van der Waals surface area contributed by atoms with Gasteiger partial charge in [-0.15, -0.1) is 0 Å². The first-order valence-corrected chi connectivity index (χ1v) is 23.4. The van der Waals surface area contributed by atoms with E-state index in [4.69, 9.17) is 18.5 Å². The molecule has 0 aliphatic rings. The van der Waals surface area contributed by atoms with Crippen LogP contribution < -0.4 is 4.89 Å². The number of likely N-dealkylation sites (N-methyl/N-ethyl adjacent to an activating group) is 1. The fourth-order valence-electron chi connectivity index (χ4n) is 5.18. The lowest BCUT2D eigenvalue weighted by Gasteiger charge is -2.28. The Morgan fingerprint density at radius 2 is 1.02 bits per heavy atom. The van der Waals surface area contributed by atoms with E-state index in [1.165, 1.54) is 25.7 Å². The molecule has 0 aromatic carbocycles. The van der Waals surface area contributed by atoms with Gasteiger partial charge in [0.15, 0.2) is 6.10 Å². The van der Waals surface area contributed by atoms with Crippen LogP contribution >= 0.6 is 7.82 Å². The monoisotopic (exact) mass is 830 g/mol. The average Bonchev–Trinajstić information content (AvgIpc) is 3.17. The Bertz CT molecular complexity index is 1300. The van der Waals surface area contributed by atoms with Crippen molar-refractivity contribution in [3.63, 3.8) is 0 Å². The Hall–Kier alpha value is -3.07. The third kappa shape index (κ3) is 42.5. The third-order valence-corrected chi connectivity index (χ3v) is 9.57. The average molecular weight is 830 g/mol. The Morgan fingerprint density at radius 3 is 1.53 bits per heavy atom. The molecule has 0 aromatic rings. The molecule has 0 fully saturated rings. The predicted octanol–water partition coefficient (Wildman–Crippen LogP) is 11.9. The number of rotatable bonds is 38. The largest absolute Gasteiger partial charge is 0.756 e. The van der Waals surface area contributed by atoms with Crippen molar-refractivity contribution < 1.29 is 42.1 Å². The van der Waals surface area contributed by atoms with E-state index in [1.807, 2.05) is 33.3 Å². The van der Waals surface area contributed by atoms with Crippen LogP contribution in [0.15, 0.2) is 97.2 Å². The molecule has 0 heterocycles. The second kappa shape index (κ2) is 39.4. The highest BCUT2D eigenvalue weighted by Crippen LogP contribution is 2.38. The minimum Gasteiger partial charge on any atom is -0.756 e. The number of unbranched alkanes of at least 4 members (excludes halogenated alkanes) is 8. The molecule has 0 spiro atoms. The molecule has 10 heteroatoms. The number of allylic oxidation sites excluding steroid dienone is 16. The van der Waals surface area contributed by atoms with Crippen molar-refractivity contribution in [2.75, 3.05) is 47.5 Å². The highest BCUT2D eigenvalue weighted by atomic mass is 31.2. The molecule has 0 aliphatic carbocycles. The molecule has 9 nitrogen and oxygen atoms in total. The Labute approximate surface area is 353 Å². The van der Waals surface area contributed by atoms with E-state index in [2.05, 4.69) is 98.9 Å². The molecule has 2 atom stereocenters. The number of hydrogen-bond donors (Lipinski definition) is 0. The maximum Gasteiger partial charge on any atom is 0.306 e. The highest BCUT2D eigenvalue weighted by molar-refractivity contribution is 7.45. The van der Waals surface area contributed by atoms with Gasteiger partial charge in [0.2, 0.25) is 0 Å². The van der Waals surface area contributed by atoms with Gasteiger partial charge >= 0.3 is 11.9 Å². The molecule has 330 valence electrons. The summed E-state index contributed by atoms with van der Waals surface area (Å²) in [6.45, 7) is 3.95. The lowest BCUT2D eigenvalue weighted by atomic mass is 10.1. The van der Waals surface area contributed by atoms with Gasteiger partial charge in [0.05, 0.1) is 27.7 Å². The van der Waals surface area contributed by atoms with Crippen molar-refractivity contribution in [2.24, 2.45) is 0 Å². The minimum atomic E-state index is -4.65. The lowest BCUT2D eigenvalue weighted by Crippen LogP contribution is -2.37. The van der Waals surface area contributed by atoms with Crippen LogP contribution in [0.5, 0.6) is 0 Å². The molecule has 0 aliphatic heterocycles. The van der Waals surface area contributed by atoms with Gasteiger partial charge in [-0.05, 0) is 83.5 Å². The summed E-state index contributed by atoms with van der Waals surface area (Å²) in [5, 5.41) is 0. The number of quaternary nitrogens is 1. The van der Waals surface area contributed by atoms with Crippen LogP contribution in [0.3, 0.4) is 0 Å². The topological polar surface area (TPSA) is 111 Å². The van der Waals surface area contributed by atoms with Crippen molar-refractivity contribution in [1.29, 1.82) is 0 Å². The molecule has 0 amide bonds. The quantitative estimate of drug-likeness (QED) is 0.0199. The van der Waals surface area contributed by atoms with Crippen LogP contribution in [-0.2, 0) is 32.7 Å². The van der Waals surface area contributed by atoms with Crippen molar-refractivity contribution in [3.05, 3.63) is 97.2 Å². The number of carbonyl (C=O) groups excluding carboxylic acids is 2. The van der Waals surface area contributed by atoms with E-state index < -0.39 is 32.5 Å². The zero-order valence-electron chi connectivity index (χ0n) is 36.9. The van der Waals surface area contributed by atoms with Gasteiger partial charge in [-0.2, -0.15) is 0 Å². The van der Waals surface area contributed by atoms with Gasteiger partial charge in [0.25, 0.3) is 7.82 Å². The number of phosphoric acid groups is 1. The van der Waals surface area contributed by atoms with Crippen molar-refractivity contribution in [1.82, 2.24) is 0 Å². The van der Waals surface area contributed by atoms with Crippen LogP contribution in [0.25, 0.3) is 0 Å². The summed E-state index contributed by atoms with van der Waals surface area (Å²) in [4.78, 5) is 37.5. The van der Waals surface area contributed by atoms with Gasteiger partial charge < -0.3 is 27.9 Å². The van der Waals surface area contributed by atoms with E-state index in [0.29, 0.717) is 23.9 Å². The summed E-state index contributed by atoms with van der Waals surface area (Å²) in [7, 11) is 1.10. The zero-order chi connectivity index (χ0) is 42.8. The maximum atomic E-state index is 12.7. The smallest absolute Gasteiger partial charge is 0.306 e. The molecule has 58 heavy (non-hydrogen) atoms. The normalized spacial score (nSPS) is 14.5. The van der Waals surface area contributed by atoms with E-state index in [9.17, 15) is 19.0 Å². The molecular weight excluding hydrogens is 750 g/mol. The summed E-state index contributed by atoms with van der Waals surface area (Å²) >= 11 is 0. The maximum absolute atomic E-state index is 12.7. The second-order valence-corrected chi connectivity index (χ2v) is 16.7. The third-order valence-electron chi connectivity index (χ3n) is 8.60. The van der Waals surface area contributed by atoms with Crippen LogP contribution in [0.4, 0.5) is 0 Å². The first-order valence-electron chi connectivity index (χ1n) is 21.9. The molecule has 1 unspecified atom stereocenters. The van der Waals surface area contributed by atoms with Gasteiger partial charge in [0, 0.05) is 12.8 Å². The summed E-state index contributed by atoms with van der Waals surface area (Å²) in [6, 6.07) is 0. The lowest BCUT2D eigenvalue weighted by molar-refractivity contribution is -0.870. The van der Waals surface area contributed by atoms with Crippen LogP contribution in [0, 0.1) is 0 Å². The van der Waals surface area contributed by atoms with Crippen molar-refractivity contribution in [2.45, 2.75) is 148 Å². The fourth-order valence-corrected chi connectivity index (χ4v) is 5.91. The number of phosphoric ester groups is 1. The first-order chi connectivity index (χ1) is 28.0. The Kier molecular flexibility index (Phi) is 37.3. The summed E-state index contributed by atoms with van der Waals surface area (Å²) in [5.41, 5.74) is 0. The minimum absolute atomic E-state index is 0.0511. The van der Waals surface area contributed by atoms with Crippen LogP contribution in [-0.4, -0.2) is 70.0 Å². The number of nitrogens with zero attached hydrogens (tertiary/aromatic N) is 1. The standard InChI is InChI=1S/C48H80NO8P/c1-6-8-10-12-14-16-18-20-22-23-24-25-27-28-30-32-34-36-38-40-47(50)54-44-46(45-56-58(52,53)55-43-42-49(3,4)5)57-48(51)41-39-37-35-33-31-29-26-21-19-17-15-13-11-9-7-2/h9,11,14-17,20-22,24-26,28,30,34,36,46H,6-8,10,12-13,18-19,23,27,29,31-33,35,37-45H2,1-5H3/b11-9-,16-14-,17-15-,22-20-,25-24-,26-21-,30-28-,36-34-/t46-/m1/s1. The molecule has 0 N–H and O–H groups in total. The summed E-state index contributed by atoms with van der Waals surface area (Å²) < 4.78 is 33.8. The van der Waals surface area contributed by atoms with Gasteiger partial charge in [-0.3, -0.25) is 14.2 Å². The molecule has 0 saturated heterocycles. The number of carbonyl (C=O) groups is 2. The molecule has 0 radical (unpaired) electrons. The van der Waals surface area contributed by atoms with Crippen molar-refractivity contribution in [3.8, 4) is 0 Å². The summed E-state index contributed by atoms with van der Waals surface area (Å²) in [6.07, 6.45) is 51.6. The molecule has 0 rings (SSSR count). The van der Waals surface area contributed by atoms with Gasteiger partial charge in [-0.1, -0.05) is 143 Å².